The molecule has 2 rings (SSSR count). The van der Waals surface area contributed by atoms with Crippen LogP contribution in [-0.2, 0) is 6.18 Å². The lowest BCUT2D eigenvalue weighted by atomic mass is 10.2. The fraction of sp³-hybridized carbons (Fsp3) is 0.0769. The quantitative estimate of drug-likeness (QED) is 0.528. The number of hydrogen-bond acceptors (Lipinski definition) is 4. The Hall–Kier alpha value is -2.77. The largest absolute Gasteiger partial charge is 0.455 e. The van der Waals surface area contributed by atoms with E-state index in [4.69, 9.17) is 10.5 Å². The van der Waals surface area contributed by atoms with E-state index in [1.807, 2.05) is 0 Å². The molecule has 8 heteroatoms. The van der Waals surface area contributed by atoms with Gasteiger partial charge in [0.15, 0.2) is 5.75 Å². The molecular weight excluding hydrogens is 289 g/mol. The third kappa shape index (κ3) is 3.41. The SMILES string of the molecule is Nc1cc([N+](=O)[O-])ccc1Oc1ccc(C(F)(F)F)cc1. The number of nitrogens with two attached hydrogens (primary N) is 1. The zero-order valence-electron chi connectivity index (χ0n) is 10.4. The number of hydrogen-bond donors (Lipinski definition) is 1. The van der Waals surface area contributed by atoms with E-state index in [-0.39, 0.29) is 22.9 Å². The van der Waals surface area contributed by atoms with Crippen molar-refractivity contribution in [3.8, 4) is 11.5 Å². The van der Waals surface area contributed by atoms with Crippen LogP contribution in [0.1, 0.15) is 5.56 Å². The van der Waals surface area contributed by atoms with Crippen molar-refractivity contribution in [1.82, 2.24) is 0 Å². The predicted molar refractivity (Wildman–Crippen MR) is 69.0 cm³/mol. The molecule has 0 radical (unpaired) electrons. The van der Waals surface area contributed by atoms with Gasteiger partial charge < -0.3 is 10.5 Å². The van der Waals surface area contributed by atoms with Gasteiger partial charge in [0.2, 0.25) is 0 Å². The van der Waals surface area contributed by atoms with E-state index in [9.17, 15) is 23.3 Å². The maximum atomic E-state index is 12.4. The van der Waals surface area contributed by atoms with Crippen LogP contribution >= 0.6 is 0 Å². The van der Waals surface area contributed by atoms with Gasteiger partial charge in [0.05, 0.1) is 16.2 Å². The molecule has 2 aromatic carbocycles. The van der Waals surface area contributed by atoms with E-state index >= 15 is 0 Å². The summed E-state index contributed by atoms with van der Waals surface area (Å²) in [5.74, 6) is 0.268. The molecule has 0 atom stereocenters. The monoisotopic (exact) mass is 298 g/mol. The molecule has 0 aliphatic rings. The molecule has 0 spiro atoms. The average Bonchev–Trinajstić information content (AvgIpc) is 2.40. The number of ether oxygens (including phenoxy) is 1. The molecular formula is C13H9F3N2O3. The van der Waals surface area contributed by atoms with Crippen LogP contribution in [0.2, 0.25) is 0 Å². The molecule has 0 saturated heterocycles. The molecule has 0 aliphatic carbocycles. The zero-order valence-corrected chi connectivity index (χ0v) is 10.4. The van der Waals surface area contributed by atoms with Crippen molar-refractivity contribution < 1.29 is 22.8 Å². The molecule has 0 unspecified atom stereocenters. The summed E-state index contributed by atoms with van der Waals surface area (Å²) in [6, 6.07) is 7.61. The molecule has 0 aromatic heterocycles. The minimum Gasteiger partial charge on any atom is -0.455 e. The van der Waals surface area contributed by atoms with Crippen molar-refractivity contribution in [2.24, 2.45) is 0 Å². The minimum absolute atomic E-state index is 0.0177. The highest BCUT2D eigenvalue weighted by molar-refractivity contribution is 5.59. The summed E-state index contributed by atoms with van der Waals surface area (Å²) >= 11 is 0. The lowest BCUT2D eigenvalue weighted by molar-refractivity contribution is -0.384. The molecule has 0 fully saturated rings. The van der Waals surface area contributed by atoms with E-state index in [0.717, 1.165) is 30.3 Å². The summed E-state index contributed by atoms with van der Waals surface area (Å²) in [6.07, 6.45) is -4.43. The molecule has 21 heavy (non-hydrogen) atoms. The van der Waals surface area contributed by atoms with Gasteiger partial charge in [-0.25, -0.2) is 0 Å². The summed E-state index contributed by atoms with van der Waals surface area (Å²) in [6.45, 7) is 0. The summed E-state index contributed by atoms with van der Waals surface area (Å²) in [5.41, 5.74) is 4.61. The third-order valence-corrected chi connectivity index (χ3v) is 2.61. The lowest BCUT2D eigenvalue weighted by Gasteiger charge is -2.10. The second kappa shape index (κ2) is 5.31. The van der Waals surface area contributed by atoms with Gasteiger partial charge in [0.1, 0.15) is 5.75 Å². The Labute approximate surface area is 116 Å². The summed E-state index contributed by atoms with van der Waals surface area (Å²) < 4.78 is 42.5. The predicted octanol–water partition coefficient (Wildman–Crippen LogP) is 3.99. The van der Waals surface area contributed by atoms with Crippen molar-refractivity contribution in [3.63, 3.8) is 0 Å². The Bertz CT molecular complexity index is 669. The van der Waals surface area contributed by atoms with Crippen molar-refractivity contribution in [2.75, 3.05) is 5.73 Å². The topological polar surface area (TPSA) is 78.4 Å². The number of rotatable bonds is 3. The number of nitro groups is 1. The van der Waals surface area contributed by atoms with E-state index in [0.29, 0.717) is 0 Å². The Morgan fingerprint density at radius 3 is 2.19 bits per heavy atom. The Kier molecular flexibility index (Phi) is 3.70. The highest BCUT2D eigenvalue weighted by Gasteiger charge is 2.30. The van der Waals surface area contributed by atoms with Crippen LogP contribution in [-0.4, -0.2) is 4.92 Å². The van der Waals surface area contributed by atoms with Crippen LogP contribution in [0, 0.1) is 10.1 Å². The number of nitrogens with zero attached hydrogens (tertiary/aromatic N) is 1. The molecule has 2 N–H and O–H groups in total. The maximum absolute atomic E-state index is 12.4. The zero-order chi connectivity index (χ0) is 15.6. The van der Waals surface area contributed by atoms with Crippen LogP contribution in [0.5, 0.6) is 11.5 Å². The first-order chi connectivity index (χ1) is 9.77. The Morgan fingerprint density at radius 1 is 1.10 bits per heavy atom. The first kappa shape index (κ1) is 14.6. The van der Waals surface area contributed by atoms with E-state index < -0.39 is 16.7 Å². The molecule has 0 saturated carbocycles. The highest BCUT2D eigenvalue weighted by atomic mass is 19.4. The van der Waals surface area contributed by atoms with Gasteiger partial charge in [-0.3, -0.25) is 10.1 Å². The molecule has 5 nitrogen and oxygen atoms in total. The fourth-order valence-electron chi connectivity index (χ4n) is 1.58. The minimum atomic E-state index is -4.43. The van der Waals surface area contributed by atoms with Crippen LogP contribution < -0.4 is 10.5 Å². The third-order valence-electron chi connectivity index (χ3n) is 2.61. The average molecular weight is 298 g/mol. The van der Waals surface area contributed by atoms with Crippen LogP contribution in [0.4, 0.5) is 24.5 Å². The van der Waals surface area contributed by atoms with Crippen molar-refractivity contribution in [1.29, 1.82) is 0 Å². The van der Waals surface area contributed by atoms with Gasteiger partial charge >= 0.3 is 6.18 Å². The molecule has 0 bridgehead atoms. The first-order valence-corrected chi connectivity index (χ1v) is 5.66. The molecule has 0 amide bonds. The van der Waals surface area contributed by atoms with Crippen LogP contribution in [0.25, 0.3) is 0 Å². The van der Waals surface area contributed by atoms with Crippen LogP contribution in [0.3, 0.4) is 0 Å². The fourth-order valence-corrected chi connectivity index (χ4v) is 1.58. The molecule has 110 valence electrons. The van der Waals surface area contributed by atoms with Crippen molar-refractivity contribution in [3.05, 3.63) is 58.1 Å². The molecule has 0 heterocycles. The smallest absolute Gasteiger partial charge is 0.416 e. The normalized spacial score (nSPS) is 11.2. The van der Waals surface area contributed by atoms with Gasteiger partial charge in [-0.15, -0.1) is 0 Å². The summed E-state index contributed by atoms with van der Waals surface area (Å²) in [4.78, 5) is 9.94. The van der Waals surface area contributed by atoms with Gasteiger partial charge in [-0.1, -0.05) is 0 Å². The Balaban J connectivity index is 2.20. The maximum Gasteiger partial charge on any atom is 0.416 e. The van der Waals surface area contributed by atoms with Gasteiger partial charge in [0, 0.05) is 12.1 Å². The summed E-state index contributed by atoms with van der Waals surface area (Å²) in [5, 5.41) is 10.6. The van der Waals surface area contributed by atoms with Gasteiger partial charge in [-0.2, -0.15) is 13.2 Å². The van der Waals surface area contributed by atoms with E-state index in [1.165, 1.54) is 12.1 Å². The number of nitro benzene ring substituents is 1. The van der Waals surface area contributed by atoms with Gasteiger partial charge in [0.25, 0.3) is 5.69 Å². The first-order valence-electron chi connectivity index (χ1n) is 5.66. The van der Waals surface area contributed by atoms with E-state index in [1.54, 1.807) is 0 Å². The number of halogens is 3. The Morgan fingerprint density at radius 2 is 1.71 bits per heavy atom. The number of nitrogen functional groups attached to an aromatic ring is 1. The van der Waals surface area contributed by atoms with Gasteiger partial charge in [-0.05, 0) is 30.3 Å². The molecule has 0 aliphatic heterocycles. The van der Waals surface area contributed by atoms with Crippen molar-refractivity contribution in [2.45, 2.75) is 6.18 Å². The molecule has 2 aromatic rings. The number of benzene rings is 2. The lowest BCUT2D eigenvalue weighted by Crippen LogP contribution is -2.04. The van der Waals surface area contributed by atoms with Crippen LogP contribution in [0.15, 0.2) is 42.5 Å². The standard InChI is InChI=1S/C13H9F3N2O3/c14-13(15,16)8-1-4-10(5-2-8)21-12-6-3-9(18(19)20)7-11(12)17/h1-7H,17H2. The second-order valence-corrected chi connectivity index (χ2v) is 4.10. The highest BCUT2D eigenvalue weighted by Crippen LogP contribution is 2.33. The number of anilines is 1. The van der Waals surface area contributed by atoms with Crippen molar-refractivity contribution >= 4 is 11.4 Å². The summed E-state index contributed by atoms with van der Waals surface area (Å²) in [7, 11) is 0. The second-order valence-electron chi connectivity index (χ2n) is 4.10. The van der Waals surface area contributed by atoms with E-state index in [2.05, 4.69) is 0 Å². The number of alkyl halides is 3. The number of non-ortho nitro benzene ring substituents is 1.